The van der Waals surface area contributed by atoms with Crippen LogP contribution in [0.15, 0.2) is 53.3 Å². The topological polar surface area (TPSA) is 100 Å². The molecule has 9 heteroatoms. The third-order valence-electron chi connectivity index (χ3n) is 5.53. The highest BCUT2D eigenvalue weighted by molar-refractivity contribution is 6.30. The van der Waals surface area contributed by atoms with E-state index >= 15 is 0 Å². The molecule has 0 radical (unpaired) electrons. The molecule has 0 atom stereocenters. The molecule has 4 rings (SSSR count). The number of rotatable bonds is 6. The lowest BCUT2D eigenvalue weighted by Gasteiger charge is -2.28. The number of nitrogens with zero attached hydrogens (tertiary/aromatic N) is 4. The monoisotopic (exact) mass is 463 g/mol. The Balaban J connectivity index is 1.49. The normalized spacial score (nSPS) is 12.6. The highest BCUT2D eigenvalue weighted by Crippen LogP contribution is 2.19. The highest BCUT2D eigenvalue weighted by atomic mass is 35.5. The summed E-state index contributed by atoms with van der Waals surface area (Å²) in [5.41, 5.74) is 2.96. The third-order valence-corrected chi connectivity index (χ3v) is 5.78. The average molecular weight is 464 g/mol. The molecule has 2 heterocycles. The molecule has 0 fully saturated rings. The van der Waals surface area contributed by atoms with Crippen molar-refractivity contribution in [3.8, 4) is 6.07 Å². The van der Waals surface area contributed by atoms with Crippen LogP contribution in [0.3, 0.4) is 0 Å². The van der Waals surface area contributed by atoms with Crippen molar-refractivity contribution in [3.63, 3.8) is 0 Å². The van der Waals surface area contributed by atoms with Crippen LogP contribution in [-0.2, 0) is 19.4 Å². The van der Waals surface area contributed by atoms with Crippen LogP contribution in [0.4, 0.5) is 5.95 Å². The van der Waals surface area contributed by atoms with Crippen LogP contribution in [0.25, 0.3) is 0 Å². The minimum atomic E-state index is -0.336. The number of carbonyl (C=O) groups is 1. The predicted molar refractivity (Wildman–Crippen MR) is 124 cm³/mol. The fourth-order valence-corrected chi connectivity index (χ4v) is 3.88. The van der Waals surface area contributed by atoms with E-state index in [1.807, 2.05) is 12.1 Å². The summed E-state index contributed by atoms with van der Waals surface area (Å²) in [6, 6.07) is 16.1. The van der Waals surface area contributed by atoms with Gasteiger partial charge >= 0.3 is 0 Å². The number of hydrogen-bond acceptors (Lipinski definition) is 6. The summed E-state index contributed by atoms with van der Waals surface area (Å²) in [7, 11) is 1.40. The van der Waals surface area contributed by atoms with E-state index in [0.29, 0.717) is 59.3 Å². The van der Waals surface area contributed by atoms with E-state index in [2.05, 4.69) is 16.4 Å². The number of hydrogen-bond donors (Lipinski definition) is 1. The van der Waals surface area contributed by atoms with Gasteiger partial charge in [-0.1, -0.05) is 23.7 Å². The van der Waals surface area contributed by atoms with Gasteiger partial charge < -0.3 is 15.1 Å². The molecular formula is C24H22ClN5O3. The van der Waals surface area contributed by atoms with Crippen molar-refractivity contribution in [2.45, 2.75) is 19.4 Å². The van der Waals surface area contributed by atoms with Crippen LogP contribution < -0.4 is 15.7 Å². The molecule has 1 amide bonds. The maximum absolute atomic E-state index is 13.1. The van der Waals surface area contributed by atoms with Crippen molar-refractivity contribution >= 4 is 23.5 Å². The summed E-state index contributed by atoms with van der Waals surface area (Å²) in [6.07, 6.45) is 1.16. The van der Waals surface area contributed by atoms with Crippen LogP contribution in [0, 0.1) is 11.3 Å². The molecule has 33 heavy (non-hydrogen) atoms. The maximum Gasteiger partial charge on any atom is 0.293 e. The summed E-state index contributed by atoms with van der Waals surface area (Å²) in [6.45, 7) is 1.15. The minimum absolute atomic E-state index is 0.162. The molecule has 8 nitrogen and oxygen atoms in total. The molecule has 0 aliphatic carbocycles. The van der Waals surface area contributed by atoms with Crippen molar-refractivity contribution in [1.82, 2.24) is 14.6 Å². The van der Waals surface area contributed by atoms with Crippen LogP contribution in [0.2, 0.25) is 5.02 Å². The first-order valence-corrected chi connectivity index (χ1v) is 10.8. The number of nitrogens with one attached hydrogen (secondary N) is 1. The fraction of sp³-hybridized carbons (Fsp3) is 0.250. The summed E-state index contributed by atoms with van der Waals surface area (Å²) in [5.74, 6) is 0.165. The Kier molecular flexibility index (Phi) is 6.61. The molecule has 0 unspecified atom stereocenters. The second-order valence-electron chi connectivity index (χ2n) is 7.61. The van der Waals surface area contributed by atoms with Gasteiger partial charge in [-0.05, 0) is 48.4 Å². The second kappa shape index (κ2) is 9.76. The summed E-state index contributed by atoms with van der Waals surface area (Å²) < 4.78 is 1.12. The van der Waals surface area contributed by atoms with Gasteiger partial charge in [-0.2, -0.15) is 5.26 Å². The van der Waals surface area contributed by atoms with Gasteiger partial charge in [0.05, 0.1) is 29.4 Å². The Morgan fingerprint density at radius 3 is 2.61 bits per heavy atom. The SMILES string of the molecule is COn1c(NCCc2ccc(C#N)cc2)nc2c(c1=O)CN(C(=O)c1ccc(Cl)cc1)CC2. The van der Waals surface area contributed by atoms with Gasteiger partial charge in [0.1, 0.15) is 7.11 Å². The van der Waals surface area contributed by atoms with Crippen LogP contribution >= 0.6 is 11.6 Å². The molecule has 0 saturated heterocycles. The largest absolute Gasteiger partial charge is 0.411 e. The molecule has 1 aliphatic heterocycles. The first-order chi connectivity index (χ1) is 16.0. The van der Waals surface area contributed by atoms with E-state index in [0.717, 1.165) is 10.3 Å². The minimum Gasteiger partial charge on any atom is -0.411 e. The molecule has 168 valence electrons. The molecular weight excluding hydrogens is 442 g/mol. The number of benzene rings is 2. The van der Waals surface area contributed by atoms with Crippen LogP contribution in [0.1, 0.15) is 32.7 Å². The zero-order valence-electron chi connectivity index (χ0n) is 18.0. The number of carbonyl (C=O) groups excluding carboxylic acids is 1. The highest BCUT2D eigenvalue weighted by Gasteiger charge is 2.27. The first kappa shape index (κ1) is 22.4. The second-order valence-corrected chi connectivity index (χ2v) is 8.05. The summed E-state index contributed by atoms with van der Waals surface area (Å²) >= 11 is 5.91. The molecule has 1 N–H and O–H groups in total. The van der Waals surface area contributed by atoms with Crippen LogP contribution in [-0.4, -0.2) is 40.7 Å². The van der Waals surface area contributed by atoms with Gasteiger partial charge in [-0.3, -0.25) is 9.59 Å². The van der Waals surface area contributed by atoms with Gasteiger partial charge in [0, 0.05) is 30.1 Å². The van der Waals surface area contributed by atoms with Crippen molar-refractivity contribution in [2.75, 3.05) is 25.5 Å². The molecule has 0 saturated carbocycles. The van der Waals surface area contributed by atoms with Gasteiger partial charge in [-0.15, -0.1) is 4.73 Å². The van der Waals surface area contributed by atoms with Gasteiger partial charge in [0.2, 0.25) is 5.95 Å². The fourth-order valence-electron chi connectivity index (χ4n) is 3.75. The molecule has 1 aromatic heterocycles. The predicted octanol–water partition coefficient (Wildman–Crippen LogP) is 2.68. The smallest absolute Gasteiger partial charge is 0.293 e. The average Bonchev–Trinajstić information content (AvgIpc) is 2.84. The van der Waals surface area contributed by atoms with Gasteiger partial charge in [0.25, 0.3) is 11.5 Å². The molecule has 0 bridgehead atoms. The van der Waals surface area contributed by atoms with Crippen molar-refractivity contribution in [2.24, 2.45) is 0 Å². The lowest BCUT2D eigenvalue weighted by atomic mass is 10.1. The Morgan fingerprint density at radius 1 is 1.21 bits per heavy atom. The molecule has 1 aliphatic rings. The van der Waals surface area contributed by atoms with E-state index in [-0.39, 0.29) is 18.0 Å². The number of anilines is 1. The van der Waals surface area contributed by atoms with E-state index < -0.39 is 0 Å². The standard InChI is InChI=1S/C24H22ClN5O3/c1-33-30-23(32)20-15-29(22(31)18-6-8-19(25)9-7-18)13-11-21(20)28-24(30)27-12-10-16-2-4-17(14-26)5-3-16/h2-9H,10-13,15H2,1H3,(H,27,28). The summed E-state index contributed by atoms with van der Waals surface area (Å²) in [4.78, 5) is 37.5. The first-order valence-electron chi connectivity index (χ1n) is 10.5. The van der Waals surface area contributed by atoms with E-state index in [9.17, 15) is 9.59 Å². The van der Waals surface area contributed by atoms with Crippen molar-refractivity contribution < 1.29 is 9.63 Å². The Hall–Kier alpha value is -3.83. The Bertz CT molecular complexity index is 1260. The number of fused-ring (bicyclic) bond motifs is 1. The van der Waals surface area contributed by atoms with Crippen LogP contribution in [0.5, 0.6) is 0 Å². The quantitative estimate of drug-likeness (QED) is 0.603. The zero-order chi connectivity index (χ0) is 23.4. The Morgan fingerprint density at radius 2 is 1.94 bits per heavy atom. The molecule has 0 spiro atoms. The number of halogens is 1. The number of aromatic nitrogens is 2. The lowest BCUT2D eigenvalue weighted by molar-refractivity contribution is 0.0728. The number of amides is 1. The zero-order valence-corrected chi connectivity index (χ0v) is 18.8. The lowest BCUT2D eigenvalue weighted by Crippen LogP contribution is -2.42. The molecule has 2 aromatic carbocycles. The summed E-state index contributed by atoms with van der Waals surface area (Å²) in [5, 5.41) is 12.6. The van der Waals surface area contributed by atoms with Crippen molar-refractivity contribution in [3.05, 3.63) is 91.9 Å². The third kappa shape index (κ3) is 4.83. The van der Waals surface area contributed by atoms with E-state index in [1.165, 1.54) is 7.11 Å². The number of nitriles is 1. The Labute approximate surface area is 196 Å². The van der Waals surface area contributed by atoms with Crippen molar-refractivity contribution in [1.29, 1.82) is 5.26 Å². The van der Waals surface area contributed by atoms with Gasteiger partial charge in [0.15, 0.2) is 0 Å². The molecule has 3 aromatic rings. The van der Waals surface area contributed by atoms with E-state index in [4.69, 9.17) is 21.7 Å². The maximum atomic E-state index is 13.1. The van der Waals surface area contributed by atoms with Gasteiger partial charge in [-0.25, -0.2) is 4.98 Å². The van der Waals surface area contributed by atoms with E-state index in [1.54, 1.807) is 41.3 Å².